The van der Waals surface area contributed by atoms with Crippen LogP contribution < -0.4 is 5.32 Å². The molecule has 6 heteroatoms. The van der Waals surface area contributed by atoms with Crippen molar-refractivity contribution < 1.29 is 9.53 Å². The third-order valence-electron chi connectivity index (χ3n) is 4.01. The quantitative estimate of drug-likeness (QED) is 0.644. The maximum absolute atomic E-state index is 11.1. The average Bonchev–Trinajstić information content (AvgIpc) is 2.52. The van der Waals surface area contributed by atoms with Crippen molar-refractivity contribution in [1.29, 1.82) is 0 Å². The summed E-state index contributed by atoms with van der Waals surface area (Å²) in [6.45, 7) is 3.28. The highest BCUT2D eigenvalue weighted by Gasteiger charge is 2.20. The van der Waals surface area contributed by atoms with Gasteiger partial charge in [0.15, 0.2) is 0 Å². The number of nitrogens with one attached hydrogen (secondary N) is 1. The van der Waals surface area contributed by atoms with Gasteiger partial charge in [0.2, 0.25) is 0 Å². The first-order chi connectivity index (χ1) is 10.2. The SMILES string of the molecule is COC(=O)CSc1cncc(NCC2CCCCC2C)n1. The number of rotatable bonds is 6. The van der Waals surface area contributed by atoms with Gasteiger partial charge in [0.1, 0.15) is 10.8 Å². The summed E-state index contributed by atoms with van der Waals surface area (Å²) < 4.78 is 4.62. The van der Waals surface area contributed by atoms with Gasteiger partial charge in [-0.1, -0.05) is 37.9 Å². The van der Waals surface area contributed by atoms with Gasteiger partial charge in [-0.05, 0) is 18.3 Å². The van der Waals surface area contributed by atoms with Crippen LogP contribution in [0.3, 0.4) is 0 Å². The topological polar surface area (TPSA) is 64.1 Å². The second-order valence-electron chi connectivity index (χ2n) is 5.51. The van der Waals surface area contributed by atoms with Crippen molar-refractivity contribution in [3.8, 4) is 0 Å². The van der Waals surface area contributed by atoms with Gasteiger partial charge in [-0.15, -0.1) is 0 Å². The van der Waals surface area contributed by atoms with Crippen LogP contribution >= 0.6 is 11.8 Å². The van der Waals surface area contributed by atoms with E-state index in [-0.39, 0.29) is 11.7 Å². The van der Waals surface area contributed by atoms with Crippen molar-refractivity contribution in [1.82, 2.24) is 9.97 Å². The molecular formula is C15H23N3O2S. The fraction of sp³-hybridized carbons (Fsp3) is 0.667. The molecule has 1 aliphatic rings. The van der Waals surface area contributed by atoms with E-state index in [1.807, 2.05) is 0 Å². The molecule has 1 heterocycles. The van der Waals surface area contributed by atoms with E-state index in [1.165, 1.54) is 44.6 Å². The molecule has 1 aliphatic carbocycles. The number of ether oxygens (including phenoxy) is 1. The standard InChI is InChI=1S/C15H23N3O2S/c1-11-5-3-4-6-12(11)7-17-13-8-16-9-14(18-13)21-10-15(19)20-2/h8-9,11-12H,3-7,10H2,1-2H3,(H,17,18). The summed E-state index contributed by atoms with van der Waals surface area (Å²) >= 11 is 1.34. The molecule has 2 atom stereocenters. The summed E-state index contributed by atoms with van der Waals surface area (Å²) in [5, 5.41) is 4.12. The minimum atomic E-state index is -0.254. The van der Waals surface area contributed by atoms with Crippen LogP contribution in [0.15, 0.2) is 17.4 Å². The molecule has 0 saturated heterocycles. The molecule has 0 bridgehead atoms. The van der Waals surface area contributed by atoms with Gasteiger partial charge in [0.05, 0.1) is 25.3 Å². The first-order valence-corrected chi connectivity index (χ1v) is 8.43. The van der Waals surface area contributed by atoms with E-state index in [2.05, 4.69) is 26.9 Å². The van der Waals surface area contributed by atoms with Crippen molar-refractivity contribution in [2.24, 2.45) is 11.8 Å². The maximum Gasteiger partial charge on any atom is 0.316 e. The van der Waals surface area contributed by atoms with Crippen LogP contribution in [0.2, 0.25) is 0 Å². The van der Waals surface area contributed by atoms with Crippen molar-refractivity contribution in [2.75, 3.05) is 24.7 Å². The lowest BCUT2D eigenvalue weighted by Crippen LogP contribution is -2.24. The number of aromatic nitrogens is 2. The van der Waals surface area contributed by atoms with Crippen LogP contribution in [0.5, 0.6) is 0 Å². The van der Waals surface area contributed by atoms with Crippen LogP contribution in [0, 0.1) is 11.8 Å². The minimum absolute atomic E-state index is 0.254. The molecule has 0 spiro atoms. The summed E-state index contributed by atoms with van der Waals surface area (Å²) in [4.78, 5) is 19.8. The third kappa shape index (κ3) is 5.19. The zero-order chi connectivity index (χ0) is 15.1. The van der Waals surface area contributed by atoms with E-state index in [0.29, 0.717) is 5.92 Å². The van der Waals surface area contributed by atoms with Gasteiger partial charge in [-0.3, -0.25) is 9.78 Å². The number of nitrogens with zero attached hydrogens (tertiary/aromatic N) is 2. The highest BCUT2D eigenvalue weighted by atomic mass is 32.2. The predicted molar refractivity (Wildman–Crippen MR) is 84.4 cm³/mol. The molecule has 0 radical (unpaired) electrons. The Labute approximate surface area is 130 Å². The van der Waals surface area contributed by atoms with Crippen molar-refractivity contribution >= 4 is 23.5 Å². The molecule has 2 rings (SSSR count). The van der Waals surface area contributed by atoms with E-state index in [4.69, 9.17) is 0 Å². The Morgan fingerprint density at radius 3 is 3.00 bits per heavy atom. The zero-order valence-electron chi connectivity index (χ0n) is 12.7. The Bertz CT molecular complexity index is 470. The fourth-order valence-electron chi connectivity index (χ4n) is 2.63. The van der Waals surface area contributed by atoms with Crippen molar-refractivity contribution in [3.05, 3.63) is 12.4 Å². The molecule has 1 fully saturated rings. The Hall–Kier alpha value is -1.30. The van der Waals surface area contributed by atoms with Crippen LogP contribution in [0.1, 0.15) is 32.6 Å². The lowest BCUT2D eigenvalue weighted by molar-refractivity contribution is -0.137. The predicted octanol–water partition coefficient (Wildman–Crippen LogP) is 2.98. The molecular weight excluding hydrogens is 286 g/mol. The zero-order valence-corrected chi connectivity index (χ0v) is 13.5. The van der Waals surface area contributed by atoms with E-state index in [9.17, 15) is 4.79 Å². The van der Waals surface area contributed by atoms with Gasteiger partial charge in [-0.25, -0.2) is 4.98 Å². The molecule has 0 aliphatic heterocycles. The molecule has 2 unspecified atom stereocenters. The molecule has 116 valence electrons. The van der Waals surface area contributed by atoms with E-state index in [0.717, 1.165) is 23.3 Å². The lowest BCUT2D eigenvalue weighted by atomic mass is 9.80. The summed E-state index contributed by atoms with van der Waals surface area (Å²) in [6, 6.07) is 0. The molecule has 5 nitrogen and oxygen atoms in total. The third-order valence-corrected chi connectivity index (χ3v) is 4.89. The number of hydrogen-bond donors (Lipinski definition) is 1. The summed E-state index contributed by atoms with van der Waals surface area (Å²) in [7, 11) is 1.39. The second kappa shape index (κ2) is 8.22. The van der Waals surface area contributed by atoms with Crippen LogP contribution in [-0.2, 0) is 9.53 Å². The Morgan fingerprint density at radius 1 is 1.43 bits per heavy atom. The first-order valence-electron chi connectivity index (χ1n) is 7.44. The molecule has 21 heavy (non-hydrogen) atoms. The highest BCUT2D eigenvalue weighted by Crippen LogP contribution is 2.29. The average molecular weight is 309 g/mol. The Morgan fingerprint density at radius 2 is 2.24 bits per heavy atom. The van der Waals surface area contributed by atoms with Gasteiger partial charge in [-0.2, -0.15) is 0 Å². The second-order valence-corrected chi connectivity index (χ2v) is 6.51. The fourth-order valence-corrected chi connectivity index (χ4v) is 3.31. The molecule has 0 aromatic carbocycles. The molecule has 1 saturated carbocycles. The minimum Gasteiger partial charge on any atom is -0.468 e. The van der Waals surface area contributed by atoms with Crippen LogP contribution in [0.25, 0.3) is 0 Å². The molecule has 0 amide bonds. The monoisotopic (exact) mass is 309 g/mol. The normalized spacial score (nSPS) is 21.8. The lowest BCUT2D eigenvalue weighted by Gasteiger charge is -2.28. The van der Waals surface area contributed by atoms with Gasteiger partial charge < -0.3 is 10.1 Å². The number of carbonyl (C=O) groups is 1. The van der Waals surface area contributed by atoms with Crippen LogP contribution in [-0.4, -0.2) is 35.3 Å². The first kappa shape index (κ1) is 16.1. The van der Waals surface area contributed by atoms with Gasteiger partial charge in [0, 0.05) is 6.54 Å². The van der Waals surface area contributed by atoms with E-state index < -0.39 is 0 Å². The van der Waals surface area contributed by atoms with Crippen molar-refractivity contribution in [3.63, 3.8) is 0 Å². The Kier molecular flexibility index (Phi) is 6.29. The summed E-state index contributed by atoms with van der Waals surface area (Å²) in [5.41, 5.74) is 0. The van der Waals surface area contributed by atoms with Gasteiger partial charge >= 0.3 is 5.97 Å². The van der Waals surface area contributed by atoms with E-state index >= 15 is 0 Å². The largest absolute Gasteiger partial charge is 0.468 e. The number of anilines is 1. The summed E-state index contributed by atoms with van der Waals surface area (Å²) in [6.07, 6.45) is 8.71. The smallest absolute Gasteiger partial charge is 0.316 e. The maximum atomic E-state index is 11.1. The number of methoxy groups -OCH3 is 1. The number of carbonyl (C=O) groups excluding carboxylic acids is 1. The molecule has 1 aromatic heterocycles. The van der Waals surface area contributed by atoms with Crippen molar-refractivity contribution in [2.45, 2.75) is 37.6 Å². The number of hydrogen-bond acceptors (Lipinski definition) is 6. The number of esters is 1. The van der Waals surface area contributed by atoms with Gasteiger partial charge in [0.25, 0.3) is 0 Å². The van der Waals surface area contributed by atoms with E-state index in [1.54, 1.807) is 12.4 Å². The van der Waals surface area contributed by atoms with Crippen LogP contribution in [0.4, 0.5) is 5.82 Å². The Balaban J connectivity index is 1.84. The number of thioether (sulfide) groups is 1. The molecule has 1 aromatic rings. The molecule has 1 N–H and O–H groups in total. The highest BCUT2D eigenvalue weighted by molar-refractivity contribution is 7.99. The summed E-state index contributed by atoms with van der Waals surface area (Å²) in [5.74, 6) is 2.27.